The van der Waals surface area contributed by atoms with Crippen LogP contribution in [-0.2, 0) is 28.4 Å². The van der Waals surface area contributed by atoms with E-state index < -0.39 is 0 Å². The highest BCUT2D eigenvalue weighted by Crippen LogP contribution is 2.27. The zero-order chi connectivity index (χ0) is 26.4. The van der Waals surface area contributed by atoms with Crippen LogP contribution in [0.2, 0.25) is 0 Å². The van der Waals surface area contributed by atoms with Crippen LogP contribution in [0.25, 0.3) is 0 Å². The van der Waals surface area contributed by atoms with E-state index in [9.17, 15) is 0 Å². The Morgan fingerprint density at radius 2 is 0.447 bits per heavy atom. The number of benzene rings is 2. The molecular weight excluding hydrogens is 496 g/mol. The topological polar surface area (TPSA) is 92.3 Å². The average Bonchev–Trinajstić information content (AvgIpc) is 2.94. The van der Waals surface area contributed by atoms with Crippen molar-refractivity contribution in [3.05, 3.63) is 48.5 Å². The molecule has 0 unspecified atom stereocenters. The Balaban J connectivity index is 1.40. The molecule has 0 aliphatic carbocycles. The highest BCUT2D eigenvalue weighted by molar-refractivity contribution is 5.40. The van der Waals surface area contributed by atoms with Crippen LogP contribution in [0.5, 0.6) is 23.0 Å². The molecule has 1 heterocycles. The fraction of sp³-hybridized carbons (Fsp3) is 0.571. The minimum absolute atomic E-state index is 0.392. The third kappa shape index (κ3) is 13.3. The number of hydrogen-bond donors (Lipinski definition) is 0. The lowest BCUT2D eigenvalue weighted by atomic mass is 10.3. The molecule has 0 saturated carbocycles. The standard InChI is InChI=1S/C28H40O10/c1-3-7-27-25(5-1)35-21-17-32-15-13-30-11-9-29-10-12-31-14-16-33-18-22-36-26-6-2-4-8-28(26)38-24-20-34-19-23-37-27/h1-8H,9-24H2. The number of hydrogen-bond acceptors (Lipinski definition) is 10. The van der Waals surface area contributed by atoms with Gasteiger partial charge in [0.05, 0.1) is 79.3 Å². The summed E-state index contributed by atoms with van der Waals surface area (Å²) in [5, 5.41) is 0. The van der Waals surface area contributed by atoms with Crippen molar-refractivity contribution in [2.45, 2.75) is 0 Å². The Kier molecular flexibility index (Phi) is 16.1. The van der Waals surface area contributed by atoms with Gasteiger partial charge in [0.1, 0.15) is 26.4 Å². The van der Waals surface area contributed by atoms with Crippen LogP contribution in [-0.4, -0.2) is 106 Å². The summed E-state index contributed by atoms with van der Waals surface area (Å²) in [4.78, 5) is 0. The second-order valence-corrected chi connectivity index (χ2v) is 7.96. The molecule has 0 spiro atoms. The molecule has 0 radical (unpaired) electrons. The Morgan fingerprint density at radius 3 is 0.658 bits per heavy atom. The van der Waals surface area contributed by atoms with Crippen molar-refractivity contribution >= 4 is 0 Å². The van der Waals surface area contributed by atoms with E-state index in [-0.39, 0.29) is 0 Å². The van der Waals surface area contributed by atoms with Crippen molar-refractivity contribution in [1.29, 1.82) is 0 Å². The van der Waals surface area contributed by atoms with Crippen LogP contribution in [0.15, 0.2) is 48.5 Å². The first kappa shape index (κ1) is 29.9. The molecule has 3 rings (SSSR count). The zero-order valence-corrected chi connectivity index (χ0v) is 22.0. The van der Waals surface area contributed by atoms with Crippen LogP contribution in [0.1, 0.15) is 0 Å². The fourth-order valence-corrected chi connectivity index (χ4v) is 3.30. The second-order valence-electron chi connectivity index (χ2n) is 7.96. The van der Waals surface area contributed by atoms with Crippen molar-refractivity contribution in [3.63, 3.8) is 0 Å². The summed E-state index contributed by atoms with van der Waals surface area (Å²) < 4.78 is 56.6. The van der Waals surface area contributed by atoms with Crippen LogP contribution in [0, 0.1) is 0 Å². The van der Waals surface area contributed by atoms with Crippen molar-refractivity contribution in [2.24, 2.45) is 0 Å². The van der Waals surface area contributed by atoms with Crippen molar-refractivity contribution in [3.8, 4) is 23.0 Å². The van der Waals surface area contributed by atoms with E-state index in [1.54, 1.807) is 0 Å². The summed E-state index contributed by atoms with van der Waals surface area (Å²) in [6.07, 6.45) is 0. The molecule has 38 heavy (non-hydrogen) atoms. The van der Waals surface area contributed by atoms with E-state index in [4.69, 9.17) is 47.4 Å². The van der Waals surface area contributed by atoms with Gasteiger partial charge in [0.15, 0.2) is 23.0 Å². The molecule has 212 valence electrons. The van der Waals surface area contributed by atoms with Crippen LogP contribution >= 0.6 is 0 Å². The number of rotatable bonds is 0. The third-order valence-electron chi connectivity index (χ3n) is 5.13. The van der Waals surface area contributed by atoms with Gasteiger partial charge in [-0.15, -0.1) is 0 Å². The summed E-state index contributed by atoms with van der Waals surface area (Å²) in [5.41, 5.74) is 0. The van der Waals surface area contributed by atoms with Gasteiger partial charge in [-0.25, -0.2) is 0 Å². The summed E-state index contributed by atoms with van der Waals surface area (Å²) >= 11 is 0. The zero-order valence-electron chi connectivity index (χ0n) is 22.0. The van der Waals surface area contributed by atoms with E-state index in [0.29, 0.717) is 129 Å². The van der Waals surface area contributed by atoms with E-state index in [1.807, 2.05) is 48.5 Å². The lowest BCUT2D eigenvalue weighted by Gasteiger charge is -2.14. The lowest BCUT2D eigenvalue weighted by molar-refractivity contribution is -0.0143. The maximum atomic E-state index is 5.84. The van der Waals surface area contributed by atoms with Gasteiger partial charge in [-0.2, -0.15) is 0 Å². The van der Waals surface area contributed by atoms with Gasteiger partial charge >= 0.3 is 0 Å². The van der Waals surface area contributed by atoms with Gasteiger partial charge in [0.2, 0.25) is 0 Å². The average molecular weight is 537 g/mol. The maximum Gasteiger partial charge on any atom is 0.161 e. The monoisotopic (exact) mass is 536 g/mol. The van der Waals surface area contributed by atoms with Gasteiger partial charge < -0.3 is 47.4 Å². The Bertz CT molecular complexity index is 782. The SMILES string of the molecule is c1ccc2c(c1)OCCOCCOCCOCCOCCOCCOc1ccccc1OCCOCCO2. The van der Waals surface area contributed by atoms with Crippen molar-refractivity contribution in [1.82, 2.24) is 0 Å². The molecule has 0 bridgehead atoms. The van der Waals surface area contributed by atoms with Crippen LogP contribution in [0.4, 0.5) is 0 Å². The van der Waals surface area contributed by atoms with E-state index >= 15 is 0 Å². The van der Waals surface area contributed by atoms with Crippen molar-refractivity contribution < 1.29 is 47.4 Å². The molecule has 10 heteroatoms. The summed E-state index contributed by atoms with van der Waals surface area (Å²) in [6.45, 7) is 7.35. The molecule has 0 atom stereocenters. The van der Waals surface area contributed by atoms with Gasteiger partial charge in [-0.05, 0) is 24.3 Å². The smallest absolute Gasteiger partial charge is 0.161 e. The second kappa shape index (κ2) is 20.4. The van der Waals surface area contributed by atoms with E-state index in [0.717, 1.165) is 0 Å². The predicted molar refractivity (Wildman–Crippen MR) is 140 cm³/mol. The van der Waals surface area contributed by atoms with Gasteiger partial charge in [-0.3, -0.25) is 0 Å². The minimum Gasteiger partial charge on any atom is -0.487 e. The number of fused-ring (bicyclic) bond motifs is 2. The lowest BCUT2D eigenvalue weighted by Crippen LogP contribution is -2.15. The van der Waals surface area contributed by atoms with Crippen LogP contribution in [0.3, 0.4) is 0 Å². The normalized spacial score (nSPS) is 19.2. The molecule has 10 nitrogen and oxygen atoms in total. The molecule has 0 fully saturated rings. The van der Waals surface area contributed by atoms with E-state index in [2.05, 4.69) is 0 Å². The maximum absolute atomic E-state index is 5.84. The largest absolute Gasteiger partial charge is 0.487 e. The molecule has 1 aliphatic heterocycles. The highest BCUT2D eigenvalue weighted by atomic mass is 16.6. The molecule has 0 aromatic heterocycles. The highest BCUT2D eigenvalue weighted by Gasteiger charge is 2.06. The van der Waals surface area contributed by atoms with Gasteiger partial charge in [-0.1, -0.05) is 24.3 Å². The van der Waals surface area contributed by atoms with Gasteiger partial charge in [0, 0.05) is 0 Å². The molecule has 1 aliphatic rings. The molecular formula is C28H40O10. The summed E-state index contributed by atoms with van der Waals surface area (Å²) in [5.74, 6) is 2.66. The fourth-order valence-electron chi connectivity index (χ4n) is 3.30. The van der Waals surface area contributed by atoms with E-state index in [1.165, 1.54) is 0 Å². The summed E-state index contributed by atoms with van der Waals surface area (Å²) in [6, 6.07) is 15.1. The van der Waals surface area contributed by atoms with Crippen LogP contribution < -0.4 is 18.9 Å². The molecule has 0 saturated heterocycles. The molecule has 0 amide bonds. The Morgan fingerprint density at radius 1 is 0.263 bits per heavy atom. The van der Waals surface area contributed by atoms with Gasteiger partial charge in [0.25, 0.3) is 0 Å². The minimum atomic E-state index is 0.392. The first-order chi connectivity index (χ1) is 18.9. The first-order valence-electron chi connectivity index (χ1n) is 13.1. The molecule has 2 aromatic carbocycles. The quantitative estimate of drug-likeness (QED) is 0.500. The number of ether oxygens (including phenoxy) is 10. The number of para-hydroxylation sites is 4. The Hall–Kier alpha value is -2.60. The van der Waals surface area contributed by atoms with Crippen molar-refractivity contribution in [2.75, 3.05) is 106 Å². The predicted octanol–water partition coefficient (Wildman–Crippen LogP) is 3.02. The third-order valence-corrected chi connectivity index (χ3v) is 5.13. The summed E-state index contributed by atoms with van der Waals surface area (Å²) in [7, 11) is 0. The molecule has 0 N–H and O–H groups in total. The first-order valence-corrected chi connectivity index (χ1v) is 13.1. The molecule has 2 aromatic rings. The Labute approximate surface area is 224 Å².